The number of nitrogens with one attached hydrogen (secondary N) is 1. The summed E-state index contributed by atoms with van der Waals surface area (Å²) in [6.45, 7) is 5.94. The first-order chi connectivity index (χ1) is 17.5. The number of piperazine rings is 1. The molecule has 2 aromatic heterocycles. The topological polar surface area (TPSA) is 91.1 Å². The Balaban J connectivity index is 1.27. The van der Waals surface area contributed by atoms with Crippen molar-refractivity contribution in [3.63, 3.8) is 0 Å². The van der Waals surface area contributed by atoms with Crippen LogP contribution in [0.4, 0.5) is 15.9 Å². The van der Waals surface area contributed by atoms with E-state index in [0.717, 1.165) is 49.0 Å². The maximum absolute atomic E-state index is 14.9. The number of hydrogen-bond acceptors (Lipinski definition) is 6. The minimum absolute atomic E-state index is 0.0955. The SMILES string of the molecule is Cc1nc2cc(-c3cc(-c4ccc(N5CCN(C6CCC6)CC5)cc4)c(F)nc3N)ccc2c(=O)[nH]1. The fourth-order valence-corrected chi connectivity index (χ4v) is 5.31. The van der Waals surface area contributed by atoms with Crippen LogP contribution >= 0.6 is 0 Å². The lowest BCUT2D eigenvalue weighted by Gasteiger charge is -2.43. The fraction of sp³-hybridized carbons (Fsp3) is 0.321. The van der Waals surface area contributed by atoms with Crippen molar-refractivity contribution in [2.24, 2.45) is 0 Å². The van der Waals surface area contributed by atoms with E-state index in [4.69, 9.17) is 5.73 Å². The number of pyridine rings is 1. The summed E-state index contributed by atoms with van der Waals surface area (Å²) in [5.41, 5.74) is 10.1. The number of benzene rings is 2. The predicted octanol–water partition coefficient (Wildman–Crippen LogP) is 4.36. The number of rotatable bonds is 4. The molecule has 2 aromatic carbocycles. The second-order valence-electron chi connectivity index (χ2n) is 9.80. The Morgan fingerprint density at radius 3 is 2.36 bits per heavy atom. The Bertz CT molecular complexity index is 1490. The first-order valence-corrected chi connectivity index (χ1v) is 12.5. The Morgan fingerprint density at radius 2 is 1.67 bits per heavy atom. The average molecular weight is 485 g/mol. The van der Waals surface area contributed by atoms with Crippen molar-refractivity contribution in [1.82, 2.24) is 19.9 Å². The molecule has 1 saturated carbocycles. The van der Waals surface area contributed by atoms with Crippen molar-refractivity contribution >= 4 is 22.4 Å². The molecule has 184 valence electrons. The van der Waals surface area contributed by atoms with Crippen LogP contribution in [0.5, 0.6) is 0 Å². The molecule has 0 bridgehead atoms. The number of anilines is 2. The zero-order valence-corrected chi connectivity index (χ0v) is 20.3. The molecule has 2 fully saturated rings. The maximum Gasteiger partial charge on any atom is 0.258 e. The monoisotopic (exact) mass is 484 g/mol. The third kappa shape index (κ3) is 4.11. The molecule has 1 aliphatic carbocycles. The molecule has 4 aromatic rings. The number of hydrogen-bond donors (Lipinski definition) is 2. The first kappa shape index (κ1) is 22.7. The second-order valence-corrected chi connectivity index (χ2v) is 9.80. The highest BCUT2D eigenvalue weighted by Gasteiger charge is 2.28. The van der Waals surface area contributed by atoms with Crippen LogP contribution in [0.1, 0.15) is 25.1 Å². The zero-order valence-electron chi connectivity index (χ0n) is 20.3. The number of aromatic nitrogens is 3. The molecular weight excluding hydrogens is 455 g/mol. The molecule has 36 heavy (non-hydrogen) atoms. The smallest absolute Gasteiger partial charge is 0.258 e. The van der Waals surface area contributed by atoms with Gasteiger partial charge in [0.05, 0.1) is 10.9 Å². The van der Waals surface area contributed by atoms with Crippen molar-refractivity contribution in [2.45, 2.75) is 32.2 Å². The molecule has 1 aliphatic heterocycles. The molecule has 0 unspecified atom stereocenters. The van der Waals surface area contributed by atoms with Crippen LogP contribution < -0.4 is 16.2 Å². The summed E-state index contributed by atoms with van der Waals surface area (Å²) in [7, 11) is 0. The van der Waals surface area contributed by atoms with Gasteiger partial charge >= 0.3 is 0 Å². The molecule has 2 aliphatic rings. The Kier molecular flexibility index (Phi) is 5.68. The van der Waals surface area contributed by atoms with Gasteiger partial charge in [0.15, 0.2) is 0 Å². The third-order valence-electron chi connectivity index (χ3n) is 7.59. The standard InChI is InChI=1S/C28H29FN6O/c1-17-31-25-15-19(7-10-22(25)28(36)32-17)24-16-23(26(29)33-27(24)30)18-5-8-21(9-6-18)35-13-11-34(12-14-35)20-3-2-4-20/h5-10,15-16,20H,2-4,11-14H2,1H3,(H2,30,33)(H,31,32,36). The summed E-state index contributed by atoms with van der Waals surface area (Å²) in [5.74, 6) is 0.0162. The summed E-state index contributed by atoms with van der Waals surface area (Å²) in [5, 5.41) is 0.488. The van der Waals surface area contributed by atoms with Gasteiger partial charge in [-0.15, -0.1) is 0 Å². The number of nitrogen functional groups attached to an aromatic ring is 1. The van der Waals surface area contributed by atoms with Gasteiger partial charge in [0.25, 0.3) is 5.56 Å². The largest absolute Gasteiger partial charge is 0.383 e. The van der Waals surface area contributed by atoms with Crippen LogP contribution in [0.15, 0.2) is 53.3 Å². The highest BCUT2D eigenvalue weighted by atomic mass is 19.1. The van der Waals surface area contributed by atoms with Crippen molar-refractivity contribution in [2.75, 3.05) is 36.8 Å². The van der Waals surface area contributed by atoms with Gasteiger partial charge < -0.3 is 15.6 Å². The van der Waals surface area contributed by atoms with Gasteiger partial charge in [0.1, 0.15) is 11.6 Å². The number of aryl methyl sites for hydroxylation is 1. The van der Waals surface area contributed by atoms with Crippen molar-refractivity contribution in [1.29, 1.82) is 0 Å². The molecule has 0 amide bonds. The predicted molar refractivity (Wildman–Crippen MR) is 142 cm³/mol. The maximum atomic E-state index is 14.9. The highest BCUT2D eigenvalue weighted by Crippen LogP contribution is 2.34. The van der Waals surface area contributed by atoms with E-state index in [1.165, 1.54) is 19.3 Å². The molecule has 3 N–H and O–H groups in total. The van der Waals surface area contributed by atoms with E-state index < -0.39 is 5.95 Å². The summed E-state index contributed by atoms with van der Waals surface area (Å²) in [4.78, 5) is 28.4. The van der Waals surface area contributed by atoms with Crippen molar-refractivity contribution in [3.8, 4) is 22.3 Å². The van der Waals surface area contributed by atoms with Gasteiger partial charge in [-0.25, -0.2) is 9.97 Å². The number of fused-ring (bicyclic) bond motifs is 1. The van der Waals surface area contributed by atoms with Gasteiger partial charge in [0, 0.05) is 49.0 Å². The van der Waals surface area contributed by atoms with Crippen LogP contribution in [0.2, 0.25) is 0 Å². The van der Waals surface area contributed by atoms with Crippen LogP contribution in [-0.4, -0.2) is 52.1 Å². The molecule has 8 heteroatoms. The molecule has 1 saturated heterocycles. The molecule has 0 radical (unpaired) electrons. The van der Waals surface area contributed by atoms with Gasteiger partial charge in [-0.3, -0.25) is 9.69 Å². The number of H-pyrrole nitrogens is 1. The van der Waals surface area contributed by atoms with Crippen LogP contribution in [-0.2, 0) is 0 Å². The number of nitrogens with zero attached hydrogens (tertiary/aromatic N) is 4. The van der Waals surface area contributed by atoms with Gasteiger partial charge in [0.2, 0.25) is 5.95 Å². The van der Waals surface area contributed by atoms with E-state index >= 15 is 0 Å². The Morgan fingerprint density at radius 1 is 0.944 bits per heavy atom. The minimum Gasteiger partial charge on any atom is -0.383 e. The van der Waals surface area contributed by atoms with E-state index in [1.54, 1.807) is 31.2 Å². The second kappa shape index (κ2) is 9.02. The third-order valence-corrected chi connectivity index (χ3v) is 7.59. The lowest BCUT2D eigenvalue weighted by Crippen LogP contribution is -2.52. The molecule has 0 spiro atoms. The van der Waals surface area contributed by atoms with Crippen molar-refractivity contribution in [3.05, 3.63) is 70.7 Å². The summed E-state index contributed by atoms with van der Waals surface area (Å²) in [6, 6.07) is 15.8. The Labute approximate surface area is 208 Å². The van der Waals surface area contributed by atoms with E-state index in [2.05, 4.69) is 36.9 Å². The zero-order chi connectivity index (χ0) is 24.8. The molecule has 7 nitrogen and oxygen atoms in total. The average Bonchev–Trinajstić information content (AvgIpc) is 2.83. The lowest BCUT2D eigenvalue weighted by atomic mass is 9.91. The fourth-order valence-electron chi connectivity index (χ4n) is 5.31. The van der Waals surface area contributed by atoms with Crippen molar-refractivity contribution < 1.29 is 4.39 Å². The van der Waals surface area contributed by atoms with Gasteiger partial charge in [-0.1, -0.05) is 24.6 Å². The summed E-state index contributed by atoms with van der Waals surface area (Å²) >= 11 is 0. The van der Waals surface area contributed by atoms with Gasteiger partial charge in [-0.2, -0.15) is 4.39 Å². The number of aromatic amines is 1. The van der Waals surface area contributed by atoms with E-state index in [9.17, 15) is 9.18 Å². The molecule has 3 heterocycles. The summed E-state index contributed by atoms with van der Waals surface area (Å²) < 4.78 is 14.9. The van der Waals surface area contributed by atoms with E-state index in [1.807, 2.05) is 12.1 Å². The quantitative estimate of drug-likeness (QED) is 0.419. The molecule has 0 atom stereocenters. The minimum atomic E-state index is -0.607. The molecular formula is C28H29FN6O. The first-order valence-electron chi connectivity index (χ1n) is 12.5. The number of nitrogens with two attached hydrogens (primary N) is 1. The lowest BCUT2D eigenvalue weighted by molar-refractivity contribution is 0.120. The van der Waals surface area contributed by atoms with E-state index in [-0.39, 0.29) is 11.4 Å². The highest BCUT2D eigenvalue weighted by molar-refractivity contribution is 5.87. The normalized spacial score (nSPS) is 16.9. The van der Waals surface area contributed by atoms with Crippen LogP contribution in [0.25, 0.3) is 33.2 Å². The van der Waals surface area contributed by atoms with Gasteiger partial charge in [-0.05, 0) is 61.2 Å². The summed E-state index contributed by atoms with van der Waals surface area (Å²) in [6.07, 6.45) is 4.04. The molecule has 6 rings (SSSR count). The number of halogens is 1. The Hall–Kier alpha value is -3.78. The van der Waals surface area contributed by atoms with Crippen LogP contribution in [0, 0.1) is 12.9 Å². The van der Waals surface area contributed by atoms with E-state index in [0.29, 0.717) is 27.9 Å². The van der Waals surface area contributed by atoms with Crippen LogP contribution in [0.3, 0.4) is 0 Å².